The first-order valence-electron chi connectivity index (χ1n) is 13.6. The van der Waals surface area contributed by atoms with E-state index in [2.05, 4.69) is 5.32 Å². The van der Waals surface area contributed by atoms with E-state index in [4.69, 9.17) is 16.3 Å². The number of nitrogens with zero attached hydrogens (tertiary/aromatic N) is 3. The molecule has 2 heterocycles. The molecule has 2 aliphatic carbocycles. The molecule has 3 fully saturated rings. The van der Waals surface area contributed by atoms with E-state index >= 15 is 0 Å². The third-order valence-corrected chi connectivity index (χ3v) is 8.43. The Labute approximate surface area is 243 Å². The SMILES string of the molecule is CN(C(=O)[C@H](CC1CC1)NC(=O)C(F)(F)F)[C@@H](CC1CC1)C(=O)N1C[C@@]2(C[C@H]1C#N)Oc1cc(Cl)cc(F)c1NC2=O. The van der Waals surface area contributed by atoms with E-state index in [1.165, 1.54) is 13.1 Å². The lowest BCUT2D eigenvalue weighted by atomic mass is 9.97. The molecule has 0 unspecified atom stereocenters. The number of alkyl halides is 3. The number of amides is 4. The number of fused-ring (bicyclic) bond motifs is 1. The molecule has 2 N–H and O–H groups in total. The first kappa shape index (κ1) is 29.9. The summed E-state index contributed by atoms with van der Waals surface area (Å²) in [7, 11) is 1.28. The predicted octanol–water partition coefficient (Wildman–Crippen LogP) is 3.15. The van der Waals surface area contributed by atoms with E-state index in [0.717, 1.165) is 28.7 Å². The summed E-state index contributed by atoms with van der Waals surface area (Å²) in [6.07, 6.45) is -2.29. The molecule has 1 spiro atoms. The van der Waals surface area contributed by atoms with E-state index in [1.807, 2.05) is 6.07 Å². The van der Waals surface area contributed by atoms with Gasteiger partial charge in [0.15, 0.2) is 5.82 Å². The van der Waals surface area contributed by atoms with Crippen LogP contribution in [0.3, 0.4) is 0 Å². The van der Waals surface area contributed by atoms with E-state index in [-0.39, 0.29) is 47.6 Å². The Morgan fingerprint density at radius 1 is 1.24 bits per heavy atom. The Bertz CT molecular complexity index is 1360. The van der Waals surface area contributed by atoms with Gasteiger partial charge >= 0.3 is 12.1 Å². The van der Waals surface area contributed by atoms with Gasteiger partial charge in [0, 0.05) is 24.6 Å². The normalized spacial score (nSPS) is 24.6. The summed E-state index contributed by atoms with van der Waals surface area (Å²) in [6.45, 7) is -0.400. The molecule has 42 heavy (non-hydrogen) atoms. The lowest BCUT2D eigenvalue weighted by molar-refractivity contribution is -0.175. The molecule has 1 saturated heterocycles. The van der Waals surface area contributed by atoms with Crippen LogP contribution in [0.4, 0.5) is 23.2 Å². The maximum atomic E-state index is 14.4. The zero-order chi connectivity index (χ0) is 30.6. The van der Waals surface area contributed by atoms with Gasteiger partial charge in [0.05, 0.1) is 12.6 Å². The minimum absolute atomic E-state index is 0.00307. The second-order valence-electron chi connectivity index (χ2n) is 11.5. The molecule has 2 saturated carbocycles. The van der Waals surface area contributed by atoms with Crippen LogP contribution in [0.15, 0.2) is 12.1 Å². The molecule has 226 valence electrons. The Hall–Kier alpha value is -3.60. The van der Waals surface area contributed by atoms with Crippen LogP contribution in [0.5, 0.6) is 5.75 Å². The molecule has 4 atom stereocenters. The van der Waals surface area contributed by atoms with Crippen molar-refractivity contribution in [3.8, 4) is 11.8 Å². The van der Waals surface area contributed by atoms with Gasteiger partial charge in [0.1, 0.15) is 29.6 Å². The highest BCUT2D eigenvalue weighted by molar-refractivity contribution is 6.31. The molecule has 15 heteroatoms. The monoisotopic (exact) mass is 613 g/mol. The molecule has 10 nitrogen and oxygen atoms in total. The highest BCUT2D eigenvalue weighted by Gasteiger charge is 2.57. The Kier molecular flexibility index (Phi) is 7.76. The number of anilines is 1. The van der Waals surface area contributed by atoms with Crippen LogP contribution in [0.25, 0.3) is 0 Å². The number of benzene rings is 1. The number of nitrogens with one attached hydrogen (secondary N) is 2. The number of likely N-dealkylation sites (tertiary alicyclic amines) is 1. The van der Waals surface area contributed by atoms with Crippen molar-refractivity contribution in [2.75, 3.05) is 18.9 Å². The minimum Gasteiger partial charge on any atom is -0.473 e. The second-order valence-corrected chi connectivity index (χ2v) is 11.9. The summed E-state index contributed by atoms with van der Waals surface area (Å²) >= 11 is 5.95. The summed E-state index contributed by atoms with van der Waals surface area (Å²) in [4.78, 5) is 54.5. The number of nitriles is 1. The number of carbonyl (C=O) groups is 4. The highest BCUT2D eigenvalue weighted by Crippen LogP contribution is 2.43. The molecule has 5 rings (SSSR count). The molecule has 0 radical (unpaired) electrons. The number of rotatable bonds is 8. The standard InChI is InChI=1S/C27H28ClF4N5O5/c1-36(22(38)18(6-13-2-3-13)34-25(41)27(30,31)32)19(7-14-4-5-14)23(39)37-12-26(10-16(37)11-33)24(40)35-21-17(29)8-15(28)9-20(21)42-26/h8-9,13-14,16,18-19H,2-7,10,12H2,1H3,(H,34,41)(H,35,40)/t16-,18-,19-,26+/m0/s1. The van der Waals surface area contributed by atoms with Crippen molar-refractivity contribution in [3.63, 3.8) is 0 Å². The summed E-state index contributed by atoms with van der Waals surface area (Å²) in [6, 6.07) is 0.445. The van der Waals surface area contributed by atoms with E-state index in [9.17, 15) is 42.0 Å². The first-order valence-corrected chi connectivity index (χ1v) is 13.9. The Morgan fingerprint density at radius 2 is 1.88 bits per heavy atom. The minimum atomic E-state index is -5.19. The van der Waals surface area contributed by atoms with E-state index in [0.29, 0.717) is 12.8 Å². The van der Waals surface area contributed by atoms with Gasteiger partial charge in [-0.05, 0) is 30.7 Å². The lowest BCUT2D eigenvalue weighted by Gasteiger charge is -2.36. The van der Waals surface area contributed by atoms with Crippen molar-refractivity contribution in [2.24, 2.45) is 11.8 Å². The molecular weight excluding hydrogens is 586 g/mol. The smallest absolute Gasteiger partial charge is 0.471 e. The fourth-order valence-electron chi connectivity index (χ4n) is 5.53. The summed E-state index contributed by atoms with van der Waals surface area (Å²) < 4.78 is 59.4. The van der Waals surface area contributed by atoms with Crippen LogP contribution in [0.2, 0.25) is 5.02 Å². The zero-order valence-corrected chi connectivity index (χ0v) is 23.2. The van der Waals surface area contributed by atoms with Gasteiger partial charge in [-0.25, -0.2) is 4.39 Å². The third kappa shape index (κ3) is 5.97. The van der Waals surface area contributed by atoms with Gasteiger partial charge in [0.25, 0.3) is 5.91 Å². The molecule has 4 amide bonds. The molecule has 0 aromatic heterocycles. The van der Waals surface area contributed by atoms with Gasteiger partial charge < -0.3 is 25.2 Å². The molecule has 4 aliphatic rings. The molecule has 2 aliphatic heterocycles. The molecule has 1 aromatic rings. The second kappa shape index (κ2) is 10.9. The maximum absolute atomic E-state index is 14.4. The van der Waals surface area contributed by atoms with Crippen molar-refractivity contribution in [1.82, 2.24) is 15.1 Å². The van der Waals surface area contributed by atoms with E-state index < -0.39 is 65.9 Å². The largest absolute Gasteiger partial charge is 0.473 e. The van der Waals surface area contributed by atoms with Crippen LogP contribution < -0.4 is 15.4 Å². The molecule has 0 bridgehead atoms. The fraction of sp³-hybridized carbons (Fsp3) is 0.593. The summed E-state index contributed by atoms with van der Waals surface area (Å²) in [5.41, 5.74) is -1.98. The number of likely N-dealkylation sites (N-methyl/N-ethyl adjacent to an activating group) is 1. The van der Waals surface area contributed by atoms with Crippen molar-refractivity contribution in [3.05, 3.63) is 23.0 Å². The predicted molar refractivity (Wildman–Crippen MR) is 138 cm³/mol. The van der Waals surface area contributed by atoms with Crippen molar-refractivity contribution in [1.29, 1.82) is 5.26 Å². The summed E-state index contributed by atoms with van der Waals surface area (Å²) in [5, 5.41) is 14.1. The van der Waals surface area contributed by atoms with Crippen molar-refractivity contribution in [2.45, 2.75) is 74.8 Å². The Morgan fingerprint density at radius 3 is 2.48 bits per heavy atom. The highest BCUT2D eigenvalue weighted by atomic mass is 35.5. The first-order chi connectivity index (χ1) is 19.7. The third-order valence-electron chi connectivity index (χ3n) is 8.21. The average Bonchev–Trinajstić information content (AvgIpc) is 3.86. The fourth-order valence-corrected chi connectivity index (χ4v) is 5.72. The van der Waals surface area contributed by atoms with Gasteiger partial charge in [-0.3, -0.25) is 19.2 Å². The van der Waals surface area contributed by atoms with Crippen LogP contribution in [0, 0.1) is 29.0 Å². The quantitative estimate of drug-likeness (QED) is 0.433. The topological polar surface area (TPSA) is 132 Å². The number of ether oxygens (including phenoxy) is 1. The van der Waals surface area contributed by atoms with Gasteiger partial charge in [-0.2, -0.15) is 18.4 Å². The number of halogens is 5. The van der Waals surface area contributed by atoms with E-state index in [1.54, 1.807) is 5.32 Å². The van der Waals surface area contributed by atoms with Gasteiger partial charge in [-0.1, -0.05) is 37.3 Å². The van der Waals surface area contributed by atoms with Crippen molar-refractivity contribution >= 4 is 40.9 Å². The Balaban J connectivity index is 1.39. The lowest BCUT2D eigenvalue weighted by Crippen LogP contribution is -2.58. The maximum Gasteiger partial charge on any atom is 0.471 e. The number of carbonyl (C=O) groups excluding carboxylic acids is 4. The van der Waals surface area contributed by atoms with Gasteiger partial charge in [-0.15, -0.1) is 0 Å². The number of hydrogen-bond acceptors (Lipinski definition) is 6. The number of hydrogen-bond donors (Lipinski definition) is 2. The zero-order valence-electron chi connectivity index (χ0n) is 22.5. The molecular formula is C27H28ClF4N5O5. The van der Waals surface area contributed by atoms with Gasteiger partial charge in [0.2, 0.25) is 17.4 Å². The van der Waals surface area contributed by atoms with Crippen LogP contribution in [0.1, 0.15) is 44.9 Å². The average molecular weight is 614 g/mol. The van der Waals surface area contributed by atoms with Crippen LogP contribution in [-0.4, -0.2) is 76.9 Å². The van der Waals surface area contributed by atoms with Crippen LogP contribution in [-0.2, 0) is 19.2 Å². The van der Waals surface area contributed by atoms with Crippen LogP contribution >= 0.6 is 11.6 Å². The van der Waals surface area contributed by atoms with Crippen molar-refractivity contribution < 1.29 is 41.5 Å². The summed E-state index contributed by atoms with van der Waals surface area (Å²) in [5.74, 6) is -5.41. The molecule has 1 aromatic carbocycles.